The Bertz CT molecular complexity index is 519. The van der Waals surface area contributed by atoms with Gasteiger partial charge in [0, 0.05) is 26.2 Å². The average Bonchev–Trinajstić information content (AvgIpc) is 2.94. The summed E-state index contributed by atoms with van der Waals surface area (Å²) >= 11 is 0. The largest absolute Gasteiger partial charge is 0.447 e. The van der Waals surface area contributed by atoms with Crippen molar-refractivity contribution in [1.82, 2.24) is 14.5 Å². The van der Waals surface area contributed by atoms with Gasteiger partial charge in [0.25, 0.3) is 10.0 Å². The lowest BCUT2D eigenvalue weighted by Gasteiger charge is -2.32. The van der Waals surface area contributed by atoms with Crippen LogP contribution in [0.2, 0.25) is 0 Å². The molecular formula is C13H23N3O3S. The summed E-state index contributed by atoms with van der Waals surface area (Å²) in [6.07, 6.45) is 0. The van der Waals surface area contributed by atoms with Gasteiger partial charge >= 0.3 is 0 Å². The topological polar surface area (TPSA) is 65.8 Å². The molecule has 0 unspecified atom stereocenters. The van der Waals surface area contributed by atoms with E-state index in [1.165, 1.54) is 4.31 Å². The maximum Gasteiger partial charge on any atom is 0.276 e. The van der Waals surface area contributed by atoms with Crippen LogP contribution in [0.5, 0.6) is 0 Å². The van der Waals surface area contributed by atoms with Crippen LogP contribution in [0.15, 0.2) is 21.6 Å². The molecule has 2 heterocycles. The Labute approximate surface area is 120 Å². The van der Waals surface area contributed by atoms with Gasteiger partial charge in [0.05, 0.1) is 6.54 Å². The van der Waals surface area contributed by atoms with Crippen molar-refractivity contribution in [1.29, 1.82) is 0 Å². The molecule has 20 heavy (non-hydrogen) atoms. The molecule has 0 aliphatic carbocycles. The Kier molecular flexibility index (Phi) is 5.20. The summed E-state index contributed by atoms with van der Waals surface area (Å²) in [7, 11) is -3.49. The molecule has 1 saturated heterocycles. The van der Waals surface area contributed by atoms with Crippen LogP contribution >= 0.6 is 0 Å². The van der Waals surface area contributed by atoms with Crippen molar-refractivity contribution in [2.45, 2.75) is 25.5 Å². The third kappa shape index (κ3) is 3.41. The van der Waals surface area contributed by atoms with E-state index < -0.39 is 10.0 Å². The maximum absolute atomic E-state index is 12.5. The average molecular weight is 301 g/mol. The number of hydrogen-bond acceptors (Lipinski definition) is 5. The molecule has 0 spiro atoms. The van der Waals surface area contributed by atoms with Crippen molar-refractivity contribution < 1.29 is 12.8 Å². The predicted octanol–water partition coefficient (Wildman–Crippen LogP) is 0.715. The third-order valence-electron chi connectivity index (χ3n) is 3.56. The number of rotatable bonds is 6. The Morgan fingerprint density at radius 3 is 2.50 bits per heavy atom. The summed E-state index contributed by atoms with van der Waals surface area (Å²) in [6, 6.07) is 3.27. The van der Waals surface area contributed by atoms with Crippen LogP contribution in [0.3, 0.4) is 0 Å². The normalized spacial score (nSPS) is 18.5. The number of nitrogens with one attached hydrogen (secondary N) is 1. The SMILES string of the molecule is CCNCc1ccc(S(=O)(=O)N2CCN(CC)CC2)o1. The molecule has 0 amide bonds. The van der Waals surface area contributed by atoms with Gasteiger partial charge in [-0.3, -0.25) is 0 Å². The molecule has 114 valence electrons. The Morgan fingerprint density at radius 1 is 1.20 bits per heavy atom. The van der Waals surface area contributed by atoms with Gasteiger partial charge in [-0.2, -0.15) is 4.31 Å². The van der Waals surface area contributed by atoms with Gasteiger partial charge in [0.1, 0.15) is 5.76 Å². The van der Waals surface area contributed by atoms with Crippen molar-refractivity contribution in [3.8, 4) is 0 Å². The Morgan fingerprint density at radius 2 is 1.90 bits per heavy atom. The van der Waals surface area contributed by atoms with Crippen LogP contribution in [-0.2, 0) is 16.6 Å². The van der Waals surface area contributed by atoms with E-state index in [2.05, 4.69) is 17.1 Å². The number of nitrogens with zero attached hydrogens (tertiary/aromatic N) is 2. The van der Waals surface area contributed by atoms with Crippen LogP contribution in [0.4, 0.5) is 0 Å². The summed E-state index contributed by atoms with van der Waals surface area (Å²) in [5.41, 5.74) is 0. The third-order valence-corrected chi connectivity index (χ3v) is 5.33. The molecule has 0 bridgehead atoms. The van der Waals surface area contributed by atoms with Crippen LogP contribution in [0, 0.1) is 0 Å². The van der Waals surface area contributed by atoms with Crippen LogP contribution in [-0.4, -0.2) is 56.9 Å². The van der Waals surface area contributed by atoms with E-state index in [0.717, 1.165) is 26.2 Å². The van der Waals surface area contributed by atoms with Crippen molar-refractivity contribution >= 4 is 10.0 Å². The fourth-order valence-electron chi connectivity index (χ4n) is 2.25. The van der Waals surface area contributed by atoms with E-state index in [1.54, 1.807) is 12.1 Å². The highest BCUT2D eigenvalue weighted by molar-refractivity contribution is 7.89. The first-order chi connectivity index (χ1) is 9.57. The maximum atomic E-state index is 12.5. The van der Waals surface area contributed by atoms with Gasteiger partial charge in [-0.25, -0.2) is 8.42 Å². The Balaban J connectivity index is 2.04. The van der Waals surface area contributed by atoms with Gasteiger partial charge < -0.3 is 14.6 Å². The number of likely N-dealkylation sites (N-methyl/N-ethyl adjacent to an activating group) is 1. The minimum Gasteiger partial charge on any atom is -0.447 e. The summed E-state index contributed by atoms with van der Waals surface area (Å²) in [6.45, 7) is 9.02. The molecule has 0 radical (unpaired) electrons. The lowest BCUT2D eigenvalue weighted by Crippen LogP contribution is -2.48. The summed E-state index contributed by atoms with van der Waals surface area (Å²) < 4.78 is 31.9. The number of piperazine rings is 1. The number of sulfonamides is 1. The second-order valence-corrected chi connectivity index (χ2v) is 6.71. The van der Waals surface area contributed by atoms with E-state index in [1.807, 2.05) is 6.92 Å². The van der Waals surface area contributed by atoms with Crippen LogP contribution in [0.1, 0.15) is 19.6 Å². The van der Waals surface area contributed by atoms with Crippen molar-refractivity contribution in [2.24, 2.45) is 0 Å². The van der Waals surface area contributed by atoms with Gasteiger partial charge in [0.15, 0.2) is 0 Å². The second-order valence-electron chi connectivity index (χ2n) is 4.84. The molecule has 1 aliphatic rings. The zero-order chi connectivity index (χ0) is 14.6. The standard InChI is InChI=1S/C13H23N3O3S/c1-3-14-11-12-5-6-13(19-12)20(17,18)16-9-7-15(4-2)8-10-16/h5-6,14H,3-4,7-11H2,1-2H3. The molecule has 1 fully saturated rings. The predicted molar refractivity (Wildman–Crippen MR) is 77.0 cm³/mol. The number of furan rings is 1. The first kappa shape index (κ1) is 15.5. The molecule has 1 N–H and O–H groups in total. The minimum absolute atomic E-state index is 0.0513. The van der Waals surface area contributed by atoms with E-state index in [9.17, 15) is 8.42 Å². The second kappa shape index (κ2) is 6.71. The van der Waals surface area contributed by atoms with E-state index in [0.29, 0.717) is 25.4 Å². The quantitative estimate of drug-likeness (QED) is 0.838. The van der Waals surface area contributed by atoms with Gasteiger partial charge in [0.2, 0.25) is 5.09 Å². The zero-order valence-electron chi connectivity index (χ0n) is 12.1. The highest BCUT2D eigenvalue weighted by atomic mass is 32.2. The highest BCUT2D eigenvalue weighted by Crippen LogP contribution is 2.20. The lowest BCUT2D eigenvalue weighted by molar-refractivity contribution is 0.194. The molecule has 0 saturated carbocycles. The molecule has 7 heteroatoms. The summed E-state index contributed by atoms with van der Waals surface area (Å²) in [4.78, 5) is 2.24. The molecule has 1 aromatic heterocycles. The van der Waals surface area contributed by atoms with E-state index in [-0.39, 0.29) is 5.09 Å². The fraction of sp³-hybridized carbons (Fsp3) is 0.692. The lowest BCUT2D eigenvalue weighted by atomic mass is 10.4. The van der Waals surface area contributed by atoms with Crippen molar-refractivity contribution in [2.75, 3.05) is 39.3 Å². The minimum atomic E-state index is -3.49. The van der Waals surface area contributed by atoms with Crippen LogP contribution in [0.25, 0.3) is 0 Å². The molecule has 0 aromatic carbocycles. The van der Waals surface area contributed by atoms with Gasteiger partial charge in [-0.15, -0.1) is 0 Å². The summed E-state index contributed by atoms with van der Waals surface area (Å²) in [5.74, 6) is 0.651. The highest BCUT2D eigenvalue weighted by Gasteiger charge is 2.30. The first-order valence-electron chi connectivity index (χ1n) is 7.09. The first-order valence-corrected chi connectivity index (χ1v) is 8.54. The van der Waals surface area contributed by atoms with Crippen molar-refractivity contribution in [3.63, 3.8) is 0 Å². The summed E-state index contributed by atoms with van der Waals surface area (Å²) in [5, 5.41) is 3.16. The Hall–Kier alpha value is -0.890. The van der Waals surface area contributed by atoms with Gasteiger partial charge in [-0.05, 0) is 25.2 Å². The van der Waals surface area contributed by atoms with Crippen molar-refractivity contribution in [3.05, 3.63) is 17.9 Å². The molecule has 0 atom stereocenters. The van der Waals surface area contributed by atoms with Crippen LogP contribution < -0.4 is 5.32 Å². The van der Waals surface area contributed by atoms with Gasteiger partial charge in [-0.1, -0.05) is 13.8 Å². The van der Waals surface area contributed by atoms with E-state index in [4.69, 9.17) is 4.42 Å². The molecular weight excluding hydrogens is 278 g/mol. The molecule has 2 rings (SSSR count). The molecule has 1 aliphatic heterocycles. The molecule has 6 nitrogen and oxygen atoms in total. The monoisotopic (exact) mass is 301 g/mol. The fourth-order valence-corrected chi connectivity index (χ4v) is 3.60. The zero-order valence-corrected chi connectivity index (χ0v) is 12.9. The molecule has 1 aromatic rings. The number of hydrogen-bond donors (Lipinski definition) is 1. The van der Waals surface area contributed by atoms with E-state index >= 15 is 0 Å². The smallest absolute Gasteiger partial charge is 0.276 e.